The van der Waals surface area contributed by atoms with Crippen LogP contribution in [0.2, 0.25) is 0 Å². The molecule has 0 spiro atoms. The average molecular weight is 301 g/mol. The fourth-order valence-electron chi connectivity index (χ4n) is 1.80. The van der Waals surface area contributed by atoms with Crippen LogP contribution in [0, 0.1) is 5.82 Å². The second kappa shape index (κ2) is 4.38. The van der Waals surface area contributed by atoms with Crippen molar-refractivity contribution < 1.29 is 9.18 Å². The summed E-state index contributed by atoms with van der Waals surface area (Å²) < 4.78 is 14.5. The molecular formula is C12H14BrFN2O. The van der Waals surface area contributed by atoms with Gasteiger partial charge in [-0.3, -0.25) is 10.1 Å². The Morgan fingerprint density at radius 2 is 2.24 bits per heavy atom. The largest absolute Gasteiger partial charge is 0.368 e. The molecular weight excluding hydrogens is 287 g/mol. The molecule has 3 nitrogen and oxygen atoms in total. The Labute approximate surface area is 108 Å². The van der Waals surface area contributed by atoms with E-state index in [0.717, 1.165) is 17.3 Å². The van der Waals surface area contributed by atoms with Crippen LogP contribution in [0.4, 0.5) is 4.39 Å². The zero-order valence-electron chi connectivity index (χ0n) is 9.47. The summed E-state index contributed by atoms with van der Waals surface area (Å²) in [6.07, 6.45) is 2.00. The lowest BCUT2D eigenvalue weighted by molar-refractivity contribution is -0.124. The van der Waals surface area contributed by atoms with Crippen LogP contribution >= 0.6 is 15.9 Å². The highest BCUT2D eigenvalue weighted by Gasteiger charge is 2.40. The molecule has 1 saturated carbocycles. The van der Waals surface area contributed by atoms with Crippen molar-refractivity contribution >= 4 is 21.8 Å². The molecule has 3 N–H and O–H groups in total. The van der Waals surface area contributed by atoms with Crippen molar-refractivity contribution in [3.63, 3.8) is 0 Å². The molecule has 5 heteroatoms. The Bertz CT molecular complexity index is 462. The van der Waals surface area contributed by atoms with Gasteiger partial charge in [0.1, 0.15) is 11.4 Å². The standard InChI is InChI=1S/C12H14BrFN2O/c1-12(11(15)17,16-8-3-4-8)9-6-7(13)2-5-10(9)14/h2,5-6,8,16H,3-4H2,1H3,(H2,15,17). The summed E-state index contributed by atoms with van der Waals surface area (Å²) >= 11 is 3.27. The molecule has 1 atom stereocenters. The molecule has 17 heavy (non-hydrogen) atoms. The molecule has 0 aliphatic heterocycles. The summed E-state index contributed by atoms with van der Waals surface area (Å²) in [7, 11) is 0. The van der Waals surface area contributed by atoms with Crippen molar-refractivity contribution in [3.8, 4) is 0 Å². The van der Waals surface area contributed by atoms with Gasteiger partial charge in [-0.25, -0.2) is 4.39 Å². The van der Waals surface area contributed by atoms with Crippen LogP contribution in [0.25, 0.3) is 0 Å². The topological polar surface area (TPSA) is 55.1 Å². The fraction of sp³-hybridized carbons (Fsp3) is 0.417. The van der Waals surface area contributed by atoms with E-state index in [1.165, 1.54) is 6.07 Å². The van der Waals surface area contributed by atoms with Crippen molar-refractivity contribution in [2.24, 2.45) is 5.73 Å². The number of rotatable bonds is 4. The number of primary amides is 1. The van der Waals surface area contributed by atoms with E-state index in [1.54, 1.807) is 19.1 Å². The SMILES string of the molecule is CC(NC1CC1)(C(N)=O)c1cc(Br)ccc1F. The quantitative estimate of drug-likeness (QED) is 0.894. The number of halogens is 2. The van der Waals surface area contributed by atoms with Crippen LogP contribution in [0.3, 0.4) is 0 Å². The number of carbonyl (C=O) groups is 1. The number of carbonyl (C=O) groups excluding carboxylic acids is 1. The Balaban J connectivity index is 2.43. The predicted molar refractivity (Wildman–Crippen MR) is 66.8 cm³/mol. The van der Waals surface area contributed by atoms with E-state index < -0.39 is 17.3 Å². The molecule has 1 unspecified atom stereocenters. The first-order chi connectivity index (χ1) is 7.93. The normalized spacial score (nSPS) is 18.8. The van der Waals surface area contributed by atoms with Gasteiger partial charge in [-0.2, -0.15) is 0 Å². The minimum absolute atomic E-state index is 0.255. The first-order valence-corrected chi connectivity index (χ1v) is 6.26. The van der Waals surface area contributed by atoms with E-state index >= 15 is 0 Å². The third kappa shape index (κ3) is 2.50. The number of hydrogen-bond donors (Lipinski definition) is 2. The summed E-state index contributed by atoms with van der Waals surface area (Å²) in [5.74, 6) is -0.996. The van der Waals surface area contributed by atoms with Crippen LogP contribution in [-0.4, -0.2) is 11.9 Å². The third-order valence-corrected chi connectivity index (χ3v) is 3.52. The summed E-state index contributed by atoms with van der Waals surface area (Å²) in [5.41, 5.74) is 4.54. The molecule has 1 aliphatic carbocycles. The molecule has 0 saturated heterocycles. The molecule has 92 valence electrons. The fourth-order valence-corrected chi connectivity index (χ4v) is 2.16. The maximum absolute atomic E-state index is 13.8. The lowest BCUT2D eigenvalue weighted by Gasteiger charge is -2.28. The molecule has 0 radical (unpaired) electrons. The first kappa shape index (κ1) is 12.5. The predicted octanol–water partition coefficient (Wildman–Crippen LogP) is 2.04. The van der Waals surface area contributed by atoms with Gasteiger partial charge < -0.3 is 5.73 Å². The van der Waals surface area contributed by atoms with Crippen LogP contribution in [0.1, 0.15) is 25.3 Å². The summed E-state index contributed by atoms with van der Waals surface area (Å²) in [4.78, 5) is 11.6. The Hall–Kier alpha value is -0.940. The number of nitrogens with one attached hydrogen (secondary N) is 1. The highest BCUT2D eigenvalue weighted by Crippen LogP contribution is 2.31. The molecule has 1 aromatic rings. The van der Waals surface area contributed by atoms with E-state index in [2.05, 4.69) is 21.2 Å². The van der Waals surface area contributed by atoms with Crippen LogP contribution in [0.15, 0.2) is 22.7 Å². The van der Waals surface area contributed by atoms with Gasteiger partial charge in [-0.05, 0) is 38.0 Å². The van der Waals surface area contributed by atoms with E-state index in [-0.39, 0.29) is 11.6 Å². The van der Waals surface area contributed by atoms with Gasteiger partial charge in [0.25, 0.3) is 0 Å². The van der Waals surface area contributed by atoms with Crippen LogP contribution < -0.4 is 11.1 Å². The average Bonchev–Trinajstić information content (AvgIpc) is 3.05. The molecule has 0 heterocycles. The first-order valence-electron chi connectivity index (χ1n) is 5.46. The number of amides is 1. The van der Waals surface area contributed by atoms with Gasteiger partial charge in [-0.1, -0.05) is 15.9 Å². The second-order valence-electron chi connectivity index (χ2n) is 4.53. The number of nitrogens with two attached hydrogens (primary N) is 1. The minimum Gasteiger partial charge on any atom is -0.368 e. The monoisotopic (exact) mass is 300 g/mol. The summed E-state index contributed by atoms with van der Waals surface area (Å²) in [5, 5.41) is 3.12. The minimum atomic E-state index is -1.16. The zero-order chi connectivity index (χ0) is 12.6. The van der Waals surface area contributed by atoms with Crippen LogP contribution in [0.5, 0.6) is 0 Å². The highest BCUT2D eigenvalue weighted by molar-refractivity contribution is 9.10. The molecule has 1 amide bonds. The maximum Gasteiger partial charge on any atom is 0.242 e. The van der Waals surface area contributed by atoms with E-state index in [0.29, 0.717) is 0 Å². The molecule has 1 fully saturated rings. The van der Waals surface area contributed by atoms with E-state index in [9.17, 15) is 9.18 Å². The van der Waals surface area contributed by atoms with Gasteiger partial charge in [0.05, 0.1) is 0 Å². The van der Waals surface area contributed by atoms with Crippen molar-refractivity contribution in [3.05, 3.63) is 34.1 Å². The van der Waals surface area contributed by atoms with E-state index in [4.69, 9.17) is 5.73 Å². The molecule has 1 aliphatic rings. The van der Waals surface area contributed by atoms with Gasteiger partial charge in [0.2, 0.25) is 5.91 Å². The van der Waals surface area contributed by atoms with Crippen molar-refractivity contribution in [2.75, 3.05) is 0 Å². The Kier molecular flexibility index (Phi) is 3.23. The summed E-state index contributed by atoms with van der Waals surface area (Å²) in [6.45, 7) is 1.62. The zero-order valence-corrected chi connectivity index (χ0v) is 11.1. The smallest absolute Gasteiger partial charge is 0.242 e. The van der Waals surface area contributed by atoms with Crippen LogP contribution in [-0.2, 0) is 10.3 Å². The lowest BCUT2D eigenvalue weighted by atomic mass is 9.90. The Morgan fingerprint density at radius 3 is 2.76 bits per heavy atom. The molecule has 1 aromatic carbocycles. The lowest BCUT2D eigenvalue weighted by Crippen LogP contribution is -2.51. The molecule has 2 rings (SSSR count). The second-order valence-corrected chi connectivity index (χ2v) is 5.45. The van der Waals surface area contributed by atoms with Gasteiger partial charge in [0.15, 0.2) is 0 Å². The highest BCUT2D eigenvalue weighted by atomic mass is 79.9. The molecule has 0 bridgehead atoms. The number of benzene rings is 1. The van der Waals surface area contributed by atoms with Gasteiger partial charge in [0, 0.05) is 16.1 Å². The van der Waals surface area contributed by atoms with E-state index in [1.807, 2.05) is 0 Å². The van der Waals surface area contributed by atoms with Gasteiger partial charge in [-0.15, -0.1) is 0 Å². The Morgan fingerprint density at radius 1 is 1.59 bits per heavy atom. The summed E-state index contributed by atoms with van der Waals surface area (Å²) in [6, 6.07) is 4.77. The number of hydrogen-bond acceptors (Lipinski definition) is 2. The van der Waals surface area contributed by atoms with Crippen molar-refractivity contribution in [1.82, 2.24) is 5.32 Å². The van der Waals surface area contributed by atoms with Crippen molar-refractivity contribution in [1.29, 1.82) is 0 Å². The maximum atomic E-state index is 13.8. The van der Waals surface area contributed by atoms with Crippen molar-refractivity contribution in [2.45, 2.75) is 31.3 Å². The molecule has 0 aromatic heterocycles. The van der Waals surface area contributed by atoms with Gasteiger partial charge >= 0.3 is 0 Å². The third-order valence-electron chi connectivity index (χ3n) is 3.03.